The van der Waals surface area contributed by atoms with E-state index in [9.17, 15) is 4.79 Å². The lowest BCUT2D eigenvalue weighted by molar-refractivity contribution is -0.135. The number of fused-ring (bicyclic) bond motifs is 1. The Morgan fingerprint density at radius 1 is 1.17 bits per heavy atom. The van der Waals surface area contributed by atoms with E-state index in [0.29, 0.717) is 32.0 Å². The minimum Gasteiger partial charge on any atom is -0.334 e. The largest absolute Gasteiger partial charge is 0.334 e. The maximum atomic E-state index is 13.2. The molecule has 4 rings (SSSR count). The van der Waals surface area contributed by atoms with Gasteiger partial charge in [-0.15, -0.1) is 9.24 Å². The third-order valence-corrected chi connectivity index (χ3v) is 6.31. The van der Waals surface area contributed by atoms with Crippen LogP contribution in [0, 0.1) is 0 Å². The molecule has 0 aromatic heterocycles. The first kappa shape index (κ1) is 20.5. The number of nitrogens with zero attached hydrogens (tertiary/aromatic N) is 1. The average Bonchev–Trinajstić information content (AvgIpc) is 3.53. The summed E-state index contributed by atoms with van der Waals surface area (Å²) in [7, 11) is 2.75. The molecule has 3 N–H and O–H groups in total. The van der Waals surface area contributed by atoms with Crippen LogP contribution in [0.25, 0.3) is 0 Å². The Bertz CT molecular complexity index is 856. The fraction of sp³-hybridized carbons (Fsp3) is 0.435. The lowest BCUT2D eigenvalue weighted by Gasteiger charge is -2.37. The summed E-state index contributed by atoms with van der Waals surface area (Å²) < 4.78 is 0. The van der Waals surface area contributed by atoms with Crippen molar-refractivity contribution in [2.75, 3.05) is 6.54 Å². The van der Waals surface area contributed by atoms with E-state index in [1.807, 2.05) is 23.1 Å². The fourth-order valence-electron chi connectivity index (χ4n) is 3.93. The van der Waals surface area contributed by atoms with E-state index < -0.39 is 0 Å². The van der Waals surface area contributed by atoms with Gasteiger partial charge in [0.1, 0.15) is 0 Å². The summed E-state index contributed by atoms with van der Waals surface area (Å²) in [4.78, 5) is 20.8. The number of carbonyl (C=O) groups excluding carboxylic acids is 1. The van der Waals surface area contributed by atoms with E-state index in [4.69, 9.17) is 10.6 Å². The van der Waals surface area contributed by atoms with E-state index in [2.05, 4.69) is 45.1 Å². The number of nitrogens with one attached hydrogen (secondary N) is 1. The summed E-state index contributed by atoms with van der Waals surface area (Å²) in [6, 6.07) is 16.4. The van der Waals surface area contributed by atoms with Crippen LogP contribution in [0.15, 0.2) is 48.5 Å². The SMILES string of the molecule is NC(CC(=O)N1Cc2ccccc2CC1CNOC1CC1)Cc1ccccc1P. The summed E-state index contributed by atoms with van der Waals surface area (Å²) in [5, 5.41) is 1.14. The van der Waals surface area contributed by atoms with Gasteiger partial charge in [0.05, 0.1) is 12.1 Å². The van der Waals surface area contributed by atoms with Gasteiger partial charge >= 0.3 is 0 Å². The van der Waals surface area contributed by atoms with Gasteiger partial charge in [-0.1, -0.05) is 48.5 Å². The van der Waals surface area contributed by atoms with Crippen LogP contribution < -0.4 is 16.5 Å². The predicted octanol–water partition coefficient (Wildman–Crippen LogP) is 2.08. The molecule has 0 bridgehead atoms. The first-order valence-corrected chi connectivity index (χ1v) is 11.0. The first-order valence-electron chi connectivity index (χ1n) is 10.4. The molecule has 0 spiro atoms. The van der Waals surface area contributed by atoms with Crippen LogP contribution >= 0.6 is 9.24 Å². The Balaban J connectivity index is 1.41. The minimum absolute atomic E-state index is 0.0809. The fourth-order valence-corrected chi connectivity index (χ4v) is 4.25. The van der Waals surface area contributed by atoms with Crippen LogP contribution in [0.4, 0.5) is 0 Å². The number of hydroxylamine groups is 1. The van der Waals surface area contributed by atoms with Crippen molar-refractivity contribution in [2.24, 2.45) is 5.73 Å². The maximum absolute atomic E-state index is 13.2. The number of hydrogen-bond acceptors (Lipinski definition) is 4. The molecule has 1 heterocycles. The Morgan fingerprint density at radius 2 is 1.90 bits per heavy atom. The summed E-state index contributed by atoms with van der Waals surface area (Å²) in [5.74, 6) is 0.117. The number of benzene rings is 2. The van der Waals surface area contributed by atoms with Gasteiger partial charge in [-0.2, -0.15) is 0 Å². The topological polar surface area (TPSA) is 67.6 Å². The number of amides is 1. The molecule has 6 heteroatoms. The molecule has 154 valence electrons. The van der Waals surface area contributed by atoms with Crippen molar-refractivity contribution in [2.45, 2.75) is 56.8 Å². The van der Waals surface area contributed by atoms with Crippen LogP contribution in [0.1, 0.15) is 36.0 Å². The molecule has 2 aliphatic rings. The summed E-state index contributed by atoms with van der Waals surface area (Å²) in [5.41, 5.74) is 13.2. The van der Waals surface area contributed by atoms with Gasteiger partial charge in [0.15, 0.2) is 0 Å². The lowest BCUT2D eigenvalue weighted by atomic mass is 9.93. The van der Waals surface area contributed by atoms with Crippen LogP contribution in [0.5, 0.6) is 0 Å². The molecule has 5 nitrogen and oxygen atoms in total. The van der Waals surface area contributed by atoms with E-state index >= 15 is 0 Å². The third-order valence-electron chi connectivity index (χ3n) is 5.74. The van der Waals surface area contributed by atoms with Crippen molar-refractivity contribution in [3.05, 3.63) is 65.2 Å². The number of carbonyl (C=O) groups is 1. The maximum Gasteiger partial charge on any atom is 0.224 e. The average molecular weight is 411 g/mol. The first-order chi connectivity index (χ1) is 14.1. The minimum atomic E-state index is -0.197. The summed E-state index contributed by atoms with van der Waals surface area (Å²) >= 11 is 0. The zero-order valence-electron chi connectivity index (χ0n) is 16.7. The predicted molar refractivity (Wildman–Crippen MR) is 119 cm³/mol. The van der Waals surface area contributed by atoms with E-state index in [1.165, 1.54) is 16.7 Å². The van der Waals surface area contributed by atoms with E-state index in [-0.39, 0.29) is 18.0 Å². The molecule has 2 aromatic carbocycles. The van der Waals surface area contributed by atoms with Gasteiger partial charge in [-0.3, -0.25) is 9.63 Å². The zero-order chi connectivity index (χ0) is 20.2. The monoisotopic (exact) mass is 411 g/mol. The number of rotatable bonds is 8. The molecule has 1 fully saturated rings. The van der Waals surface area contributed by atoms with E-state index in [0.717, 1.165) is 24.6 Å². The molecule has 3 atom stereocenters. The highest BCUT2D eigenvalue weighted by molar-refractivity contribution is 7.27. The van der Waals surface area contributed by atoms with Gasteiger partial charge in [-0.25, -0.2) is 5.48 Å². The van der Waals surface area contributed by atoms with Crippen molar-refractivity contribution in [3.63, 3.8) is 0 Å². The molecule has 29 heavy (non-hydrogen) atoms. The molecule has 2 aromatic rings. The lowest BCUT2D eigenvalue weighted by Crippen LogP contribution is -2.50. The van der Waals surface area contributed by atoms with Crippen LogP contribution in [-0.2, 0) is 29.0 Å². The van der Waals surface area contributed by atoms with Crippen molar-refractivity contribution in [1.29, 1.82) is 0 Å². The Hall–Kier alpha value is -1.78. The normalized spacial score (nSPS) is 19.7. The van der Waals surface area contributed by atoms with E-state index in [1.54, 1.807) is 0 Å². The van der Waals surface area contributed by atoms with Crippen molar-refractivity contribution >= 4 is 20.5 Å². The Morgan fingerprint density at radius 3 is 2.66 bits per heavy atom. The van der Waals surface area contributed by atoms with Crippen molar-refractivity contribution in [3.8, 4) is 0 Å². The van der Waals surface area contributed by atoms with Crippen molar-refractivity contribution < 1.29 is 9.63 Å². The summed E-state index contributed by atoms with van der Waals surface area (Å²) in [6.45, 7) is 1.28. The van der Waals surface area contributed by atoms with Crippen LogP contribution in [0.3, 0.4) is 0 Å². The second kappa shape index (κ2) is 9.36. The highest BCUT2D eigenvalue weighted by atomic mass is 31.0. The van der Waals surface area contributed by atoms with Crippen LogP contribution in [0.2, 0.25) is 0 Å². The quantitative estimate of drug-likeness (QED) is 0.516. The molecule has 3 unspecified atom stereocenters. The third kappa shape index (κ3) is 5.43. The molecule has 0 saturated heterocycles. The smallest absolute Gasteiger partial charge is 0.224 e. The molecule has 1 aliphatic carbocycles. The number of hydrogen-bond donors (Lipinski definition) is 2. The van der Waals surface area contributed by atoms with Crippen molar-refractivity contribution in [1.82, 2.24) is 10.4 Å². The summed E-state index contributed by atoms with van der Waals surface area (Å²) in [6.07, 6.45) is 4.47. The second-order valence-electron chi connectivity index (χ2n) is 8.18. The highest BCUT2D eigenvalue weighted by Gasteiger charge is 2.31. The zero-order valence-corrected chi connectivity index (χ0v) is 17.9. The molecular weight excluding hydrogens is 381 g/mol. The molecule has 0 radical (unpaired) electrons. The number of nitrogens with two attached hydrogens (primary N) is 1. The molecule has 1 aliphatic heterocycles. The molecule has 1 amide bonds. The van der Waals surface area contributed by atoms with Gasteiger partial charge < -0.3 is 10.6 Å². The van der Waals surface area contributed by atoms with Gasteiger partial charge in [0.2, 0.25) is 5.91 Å². The Labute approximate surface area is 175 Å². The standard InChI is InChI=1S/C23H30N3O2P/c24-19(11-17-6-3-4-8-22(17)29)13-23(27)26-15-18-7-2-1-5-16(18)12-20(26)14-25-28-21-9-10-21/h1-8,19-21,25H,9-15,24,29H2. The molecule has 1 saturated carbocycles. The van der Waals surface area contributed by atoms with Gasteiger partial charge in [0, 0.05) is 25.6 Å². The Kier molecular flexibility index (Phi) is 6.61. The second-order valence-corrected chi connectivity index (χ2v) is 8.80. The van der Waals surface area contributed by atoms with Gasteiger partial charge in [-0.05, 0) is 47.7 Å². The van der Waals surface area contributed by atoms with Gasteiger partial charge in [0.25, 0.3) is 0 Å². The highest BCUT2D eigenvalue weighted by Crippen LogP contribution is 2.25. The molecular formula is C23H30N3O2P. The van der Waals surface area contributed by atoms with Crippen LogP contribution in [-0.4, -0.2) is 35.5 Å².